The van der Waals surface area contributed by atoms with Crippen LogP contribution in [-0.2, 0) is 30.2 Å². The minimum atomic E-state index is -0.685. The van der Waals surface area contributed by atoms with Crippen molar-refractivity contribution in [3.05, 3.63) is 174 Å². The molecule has 5 aromatic rings. The minimum Gasteiger partial charge on any atom is -0.494 e. The van der Waals surface area contributed by atoms with E-state index in [0.29, 0.717) is 61.0 Å². The van der Waals surface area contributed by atoms with Crippen molar-refractivity contribution >= 4 is 42.0 Å². The lowest BCUT2D eigenvalue weighted by molar-refractivity contribution is -0.138. The van der Waals surface area contributed by atoms with Crippen LogP contribution in [0.1, 0.15) is 104 Å². The van der Waals surface area contributed by atoms with E-state index in [2.05, 4.69) is 13.2 Å². The number of esters is 6. The van der Waals surface area contributed by atoms with Crippen molar-refractivity contribution in [2.75, 3.05) is 33.0 Å². The summed E-state index contributed by atoms with van der Waals surface area (Å²) in [6.45, 7) is 8.49. The first kappa shape index (κ1) is 52.6. The van der Waals surface area contributed by atoms with Crippen LogP contribution in [0.15, 0.2) is 141 Å². The highest BCUT2D eigenvalue weighted by atomic mass is 16.6. The van der Waals surface area contributed by atoms with Crippen molar-refractivity contribution in [3.63, 3.8) is 0 Å². The second kappa shape index (κ2) is 28.8. The van der Waals surface area contributed by atoms with Crippen molar-refractivity contribution in [3.8, 4) is 28.7 Å². The zero-order valence-corrected chi connectivity index (χ0v) is 38.7. The Kier molecular flexibility index (Phi) is 21.6. The highest BCUT2D eigenvalue weighted by molar-refractivity contribution is 5.94. The summed E-state index contributed by atoms with van der Waals surface area (Å²) >= 11 is 0. The van der Waals surface area contributed by atoms with E-state index in [0.717, 1.165) is 75.3 Å². The molecule has 0 heterocycles. The molecule has 0 aliphatic carbocycles. The van der Waals surface area contributed by atoms with E-state index in [4.69, 9.17) is 43.3 Å². The van der Waals surface area contributed by atoms with Crippen LogP contribution in [0.3, 0.4) is 0 Å². The summed E-state index contributed by atoms with van der Waals surface area (Å²) < 4.78 is 43.4. The SMILES string of the molecule is C=CC(=O)OCCCCCCOc1ccc(C(=O)Oc2ccc(C(=O)OCCc3ccc(OC(=O)c4ccc(OC(=O)c5ccc(OCCCCCCOC(=O)C=C)cc5)cc4)c(C=N)c3)cc2)cc1. The highest BCUT2D eigenvalue weighted by Gasteiger charge is 2.16. The first-order valence-electron chi connectivity index (χ1n) is 22.8. The smallest absolute Gasteiger partial charge is 0.343 e. The van der Waals surface area contributed by atoms with Gasteiger partial charge in [-0.15, -0.1) is 0 Å². The highest BCUT2D eigenvalue weighted by Crippen LogP contribution is 2.23. The predicted molar refractivity (Wildman–Crippen MR) is 259 cm³/mol. The molecule has 1 N–H and O–H groups in total. The van der Waals surface area contributed by atoms with Gasteiger partial charge in [0.05, 0.1) is 55.3 Å². The van der Waals surface area contributed by atoms with Gasteiger partial charge in [-0.1, -0.05) is 19.2 Å². The molecule has 0 radical (unpaired) electrons. The molecule has 0 bridgehead atoms. The zero-order chi connectivity index (χ0) is 49.9. The molecule has 70 heavy (non-hydrogen) atoms. The fourth-order valence-electron chi connectivity index (χ4n) is 6.45. The molecule has 364 valence electrons. The van der Waals surface area contributed by atoms with E-state index < -0.39 is 35.8 Å². The standard InChI is InChI=1S/C55H55NO14/c1-3-50(57)65-34-11-7-5-9-32-63-45-22-14-41(15-23-45)53(60)68-47-26-18-40(19-27-47)52(59)67-36-31-39-13-30-49(44(37-39)38-56)70-55(62)43-20-28-48(29-21-43)69-54(61)42-16-24-46(25-17-42)64-33-10-6-8-12-35-66-51(58)4-2/h3-4,13-30,37-38,56H,1-2,5-12,31-36H2. The molecule has 0 aliphatic rings. The van der Waals surface area contributed by atoms with Gasteiger partial charge in [0.25, 0.3) is 0 Å². The molecule has 15 nitrogen and oxygen atoms in total. The summed E-state index contributed by atoms with van der Waals surface area (Å²) in [6.07, 6.45) is 10.5. The van der Waals surface area contributed by atoms with Crippen LogP contribution in [0.4, 0.5) is 0 Å². The molecule has 0 atom stereocenters. The van der Waals surface area contributed by atoms with E-state index in [1.54, 1.807) is 66.7 Å². The van der Waals surface area contributed by atoms with Crippen LogP contribution in [-0.4, -0.2) is 75.1 Å². The maximum absolute atomic E-state index is 13.0. The number of carbonyl (C=O) groups excluding carboxylic acids is 6. The third-order valence-corrected chi connectivity index (χ3v) is 10.3. The molecule has 5 aromatic carbocycles. The van der Waals surface area contributed by atoms with Crippen molar-refractivity contribution in [1.29, 1.82) is 5.41 Å². The van der Waals surface area contributed by atoms with Crippen molar-refractivity contribution in [2.45, 2.75) is 57.8 Å². The monoisotopic (exact) mass is 953 g/mol. The van der Waals surface area contributed by atoms with Gasteiger partial charge < -0.3 is 43.3 Å². The average Bonchev–Trinajstić information content (AvgIpc) is 3.38. The number of hydrogen-bond acceptors (Lipinski definition) is 15. The number of rotatable bonds is 29. The summed E-state index contributed by atoms with van der Waals surface area (Å²) in [4.78, 5) is 73.4. The number of ether oxygens (including phenoxy) is 8. The first-order chi connectivity index (χ1) is 34.0. The molecular formula is C55H55NO14. The first-order valence-corrected chi connectivity index (χ1v) is 22.8. The zero-order valence-electron chi connectivity index (χ0n) is 38.7. The number of nitrogens with one attached hydrogen (secondary N) is 1. The van der Waals surface area contributed by atoms with Gasteiger partial charge in [0, 0.05) is 30.4 Å². The normalized spacial score (nSPS) is 10.5. The van der Waals surface area contributed by atoms with Crippen molar-refractivity contribution in [1.82, 2.24) is 0 Å². The third-order valence-electron chi connectivity index (χ3n) is 10.3. The number of benzene rings is 5. The van der Waals surface area contributed by atoms with Gasteiger partial charge in [0.2, 0.25) is 0 Å². The van der Waals surface area contributed by atoms with Gasteiger partial charge in [-0.3, -0.25) is 0 Å². The van der Waals surface area contributed by atoms with E-state index in [9.17, 15) is 28.8 Å². The van der Waals surface area contributed by atoms with Gasteiger partial charge in [0.15, 0.2) is 0 Å². The summed E-state index contributed by atoms with van der Waals surface area (Å²) in [6, 6.07) is 29.9. The quantitative estimate of drug-likeness (QED) is 0.0119. The molecular weight excluding hydrogens is 899 g/mol. The minimum absolute atomic E-state index is 0.0266. The number of hydrogen-bond donors (Lipinski definition) is 1. The number of carbonyl (C=O) groups is 6. The maximum atomic E-state index is 13.0. The Hall–Kier alpha value is -8.33. The summed E-state index contributed by atoms with van der Waals surface area (Å²) in [5.41, 5.74) is 2.14. The second-order valence-electron chi connectivity index (χ2n) is 15.4. The Balaban J connectivity index is 0.980. The molecule has 0 unspecified atom stereocenters. The van der Waals surface area contributed by atoms with Crippen LogP contribution < -0.4 is 23.7 Å². The van der Waals surface area contributed by atoms with Crippen LogP contribution in [0.2, 0.25) is 0 Å². The second-order valence-corrected chi connectivity index (χ2v) is 15.4. The Morgan fingerprint density at radius 2 is 0.800 bits per heavy atom. The lowest BCUT2D eigenvalue weighted by atomic mass is 10.1. The van der Waals surface area contributed by atoms with Crippen LogP contribution in [0, 0.1) is 5.41 Å². The predicted octanol–water partition coefficient (Wildman–Crippen LogP) is 10.1. The summed E-state index contributed by atoms with van der Waals surface area (Å²) in [5.74, 6) is -1.43. The Morgan fingerprint density at radius 3 is 1.21 bits per heavy atom. The molecule has 0 aliphatic heterocycles. The van der Waals surface area contributed by atoms with E-state index in [-0.39, 0.29) is 35.0 Å². The molecule has 15 heteroatoms. The van der Waals surface area contributed by atoms with E-state index in [1.807, 2.05) is 0 Å². The Morgan fingerprint density at radius 1 is 0.414 bits per heavy atom. The molecule has 0 fully saturated rings. The maximum Gasteiger partial charge on any atom is 0.343 e. The van der Waals surface area contributed by atoms with Gasteiger partial charge in [-0.25, -0.2) is 28.8 Å². The molecule has 0 saturated carbocycles. The molecule has 0 spiro atoms. The van der Waals surface area contributed by atoms with Crippen LogP contribution in [0.5, 0.6) is 28.7 Å². The Labute approximate surface area is 406 Å². The number of unbranched alkanes of at least 4 members (excludes halogenated alkanes) is 6. The topological polar surface area (TPSA) is 200 Å². The van der Waals surface area contributed by atoms with Gasteiger partial charge in [-0.05, 0) is 166 Å². The lowest BCUT2D eigenvalue weighted by Crippen LogP contribution is -2.11. The average molecular weight is 954 g/mol. The van der Waals surface area contributed by atoms with Crippen molar-refractivity contribution in [2.24, 2.45) is 0 Å². The van der Waals surface area contributed by atoms with Crippen molar-refractivity contribution < 1.29 is 66.7 Å². The lowest BCUT2D eigenvalue weighted by Gasteiger charge is -2.11. The fourth-order valence-corrected chi connectivity index (χ4v) is 6.45. The van der Waals surface area contributed by atoms with Gasteiger partial charge in [0.1, 0.15) is 28.7 Å². The van der Waals surface area contributed by atoms with Crippen LogP contribution in [0.25, 0.3) is 0 Å². The summed E-state index contributed by atoms with van der Waals surface area (Å²) in [5, 5.41) is 7.90. The van der Waals surface area contributed by atoms with Gasteiger partial charge in [-0.2, -0.15) is 0 Å². The largest absolute Gasteiger partial charge is 0.494 e. The Bertz CT molecular complexity index is 2550. The third kappa shape index (κ3) is 18.1. The molecule has 5 rings (SSSR count). The molecule has 0 saturated heterocycles. The fraction of sp³-hybridized carbons (Fsp3) is 0.255. The summed E-state index contributed by atoms with van der Waals surface area (Å²) in [7, 11) is 0. The van der Waals surface area contributed by atoms with Gasteiger partial charge >= 0.3 is 35.8 Å². The van der Waals surface area contributed by atoms with Crippen LogP contribution >= 0.6 is 0 Å². The van der Waals surface area contributed by atoms with E-state index in [1.165, 1.54) is 48.5 Å². The molecule has 0 amide bonds. The molecule has 0 aromatic heterocycles. The van der Waals surface area contributed by atoms with E-state index >= 15 is 0 Å².